The van der Waals surface area contributed by atoms with Gasteiger partial charge in [-0.1, -0.05) is 5.57 Å². The average Bonchev–Trinajstić information content (AvgIpc) is 3.83. The Hall–Kier alpha value is -4.06. The van der Waals surface area contributed by atoms with Crippen LogP contribution in [0, 0.1) is 0 Å². The van der Waals surface area contributed by atoms with Crippen LogP contribution in [0.15, 0.2) is 63.5 Å². The fourth-order valence-electron chi connectivity index (χ4n) is 5.72. The van der Waals surface area contributed by atoms with Gasteiger partial charge in [0.1, 0.15) is 24.7 Å². The summed E-state index contributed by atoms with van der Waals surface area (Å²) in [5.74, 6) is 4.38. The van der Waals surface area contributed by atoms with Crippen molar-refractivity contribution in [3.63, 3.8) is 0 Å². The minimum atomic E-state index is -0.0644. The van der Waals surface area contributed by atoms with E-state index in [2.05, 4.69) is 38.6 Å². The Morgan fingerprint density at radius 2 is 1.04 bits per heavy atom. The molecular weight excluding hydrogens is 627 g/mol. The summed E-state index contributed by atoms with van der Waals surface area (Å²) in [5, 5.41) is 8.78. The second kappa shape index (κ2) is 16.0. The lowest BCUT2D eigenvalue weighted by Crippen LogP contribution is -2.46. The van der Waals surface area contributed by atoms with Gasteiger partial charge < -0.3 is 37.9 Å². The molecule has 246 valence electrons. The molecule has 4 aromatic rings. The Bertz CT molecular complexity index is 1420. The molecule has 5 rings (SSSR count). The highest BCUT2D eigenvalue weighted by Crippen LogP contribution is 2.42. The zero-order valence-corrected chi connectivity index (χ0v) is 28.8. The van der Waals surface area contributed by atoms with Gasteiger partial charge in [0.25, 0.3) is 0 Å². The normalized spacial score (nSPS) is 13.3. The number of benzene rings is 2. The third-order valence-electron chi connectivity index (χ3n) is 8.05. The SMILES string of the molecule is COc1cc(OCC(COc2cc(OC)c(OC)c(OC)c2)N2CCC(=C(c3ccsc3)c3ccsc3)CC2)cc(OC)c1OC. The average molecular weight is 668 g/mol. The number of ether oxygens (including phenoxy) is 8. The summed E-state index contributed by atoms with van der Waals surface area (Å²) < 4.78 is 46.0. The third-order valence-corrected chi connectivity index (χ3v) is 9.42. The number of hydrogen-bond donors (Lipinski definition) is 0. The second-order valence-electron chi connectivity index (χ2n) is 10.5. The van der Waals surface area contributed by atoms with Crippen LogP contribution in [0.1, 0.15) is 24.0 Å². The van der Waals surface area contributed by atoms with E-state index in [9.17, 15) is 0 Å². The summed E-state index contributed by atoms with van der Waals surface area (Å²) in [4.78, 5) is 2.44. The Morgan fingerprint density at radius 1 is 0.630 bits per heavy atom. The van der Waals surface area contributed by atoms with Crippen LogP contribution in [0.2, 0.25) is 0 Å². The maximum Gasteiger partial charge on any atom is 0.203 e. The zero-order valence-electron chi connectivity index (χ0n) is 27.1. The molecule has 0 aliphatic carbocycles. The molecule has 0 atom stereocenters. The number of methoxy groups -OCH3 is 6. The maximum absolute atomic E-state index is 6.40. The van der Waals surface area contributed by atoms with E-state index in [0.717, 1.165) is 25.9 Å². The van der Waals surface area contributed by atoms with Gasteiger partial charge in [-0.2, -0.15) is 22.7 Å². The summed E-state index contributed by atoms with van der Waals surface area (Å²) in [7, 11) is 9.53. The lowest BCUT2D eigenvalue weighted by Gasteiger charge is -2.36. The lowest BCUT2D eigenvalue weighted by atomic mass is 9.90. The van der Waals surface area contributed by atoms with Crippen molar-refractivity contribution in [2.75, 3.05) is 69.0 Å². The largest absolute Gasteiger partial charge is 0.493 e. The standard InChI is InChI=1S/C35H41NO8S2/c1-37-29-15-27(16-30(38-2)34(29)41-5)43-19-26(20-44-28-17-31(39-3)35(42-6)32(18-28)40-4)36-11-7-23(8-12-36)33(24-9-13-45-21-24)25-10-14-46-22-25/h9-10,13-18,21-22,26H,7-8,11-12,19-20H2,1-6H3. The summed E-state index contributed by atoms with van der Waals surface area (Å²) in [6.45, 7) is 2.50. The zero-order chi connectivity index (χ0) is 32.5. The number of thiophene rings is 2. The van der Waals surface area contributed by atoms with Gasteiger partial charge in [0.05, 0.1) is 48.7 Å². The van der Waals surface area contributed by atoms with Crippen molar-refractivity contribution in [3.8, 4) is 46.0 Å². The van der Waals surface area contributed by atoms with Crippen molar-refractivity contribution >= 4 is 28.2 Å². The molecule has 46 heavy (non-hydrogen) atoms. The van der Waals surface area contributed by atoms with Crippen molar-refractivity contribution in [1.82, 2.24) is 4.90 Å². The molecule has 0 saturated carbocycles. The molecule has 1 aliphatic heterocycles. The predicted molar refractivity (Wildman–Crippen MR) is 182 cm³/mol. The smallest absolute Gasteiger partial charge is 0.203 e. The Labute approximate surface area is 278 Å². The first-order valence-corrected chi connectivity index (χ1v) is 16.8. The number of hydrogen-bond acceptors (Lipinski definition) is 11. The van der Waals surface area contributed by atoms with Crippen molar-refractivity contribution < 1.29 is 37.9 Å². The van der Waals surface area contributed by atoms with Crippen LogP contribution in [0.5, 0.6) is 46.0 Å². The van der Waals surface area contributed by atoms with E-state index in [-0.39, 0.29) is 6.04 Å². The second-order valence-corrected chi connectivity index (χ2v) is 12.1. The number of piperidine rings is 1. The van der Waals surface area contributed by atoms with Gasteiger partial charge in [0, 0.05) is 37.4 Å². The summed E-state index contributed by atoms with van der Waals surface area (Å²) in [6, 6.07) is 11.6. The minimum Gasteiger partial charge on any atom is -0.493 e. The lowest BCUT2D eigenvalue weighted by molar-refractivity contribution is 0.0846. The van der Waals surface area contributed by atoms with Gasteiger partial charge >= 0.3 is 0 Å². The molecule has 3 heterocycles. The summed E-state index contributed by atoms with van der Waals surface area (Å²) in [5.41, 5.74) is 5.42. The predicted octanol–water partition coefficient (Wildman–Crippen LogP) is 7.29. The molecule has 11 heteroatoms. The van der Waals surface area contributed by atoms with Crippen LogP contribution in [0.25, 0.3) is 5.57 Å². The number of rotatable bonds is 15. The van der Waals surface area contributed by atoms with Crippen molar-refractivity contribution in [1.29, 1.82) is 0 Å². The van der Waals surface area contributed by atoms with E-state index in [1.807, 2.05) is 24.3 Å². The molecule has 1 aliphatic rings. The van der Waals surface area contributed by atoms with Crippen LogP contribution in [-0.2, 0) is 0 Å². The maximum atomic E-state index is 6.40. The molecule has 0 N–H and O–H groups in total. The molecule has 0 unspecified atom stereocenters. The Balaban J connectivity index is 1.39. The van der Waals surface area contributed by atoms with E-state index in [0.29, 0.717) is 59.2 Å². The van der Waals surface area contributed by atoms with E-state index < -0.39 is 0 Å². The molecule has 0 spiro atoms. The summed E-state index contributed by atoms with van der Waals surface area (Å²) >= 11 is 3.47. The van der Waals surface area contributed by atoms with Gasteiger partial charge in [0.2, 0.25) is 11.5 Å². The first kappa shape index (κ1) is 33.3. The molecule has 1 saturated heterocycles. The van der Waals surface area contributed by atoms with E-state index in [4.69, 9.17) is 37.9 Å². The molecule has 9 nitrogen and oxygen atoms in total. The molecule has 0 radical (unpaired) electrons. The fourth-order valence-corrected chi connectivity index (χ4v) is 7.02. The molecule has 2 aromatic carbocycles. The summed E-state index contributed by atoms with van der Waals surface area (Å²) in [6.07, 6.45) is 1.90. The monoisotopic (exact) mass is 667 g/mol. The van der Waals surface area contributed by atoms with Crippen LogP contribution in [0.3, 0.4) is 0 Å². The van der Waals surface area contributed by atoms with Crippen molar-refractivity contribution in [3.05, 3.63) is 74.6 Å². The first-order chi connectivity index (χ1) is 22.5. The Kier molecular flexibility index (Phi) is 11.6. The number of nitrogens with zero attached hydrogens (tertiary/aromatic N) is 1. The van der Waals surface area contributed by atoms with Crippen molar-refractivity contribution in [2.24, 2.45) is 0 Å². The van der Waals surface area contributed by atoms with Crippen LogP contribution >= 0.6 is 22.7 Å². The van der Waals surface area contributed by atoms with E-state index in [1.54, 1.807) is 65.3 Å². The van der Waals surface area contributed by atoms with Crippen LogP contribution in [-0.4, -0.2) is 79.9 Å². The van der Waals surface area contributed by atoms with E-state index in [1.165, 1.54) is 22.3 Å². The topological polar surface area (TPSA) is 77.1 Å². The van der Waals surface area contributed by atoms with Crippen molar-refractivity contribution in [2.45, 2.75) is 18.9 Å². The highest BCUT2D eigenvalue weighted by atomic mass is 32.1. The van der Waals surface area contributed by atoms with Gasteiger partial charge in [0.15, 0.2) is 23.0 Å². The highest BCUT2D eigenvalue weighted by Gasteiger charge is 2.27. The third kappa shape index (κ3) is 7.49. The molecule has 0 amide bonds. The molecule has 2 aromatic heterocycles. The first-order valence-electron chi connectivity index (χ1n) is 14.9. The van der Waals surface area contributed by atoms with Gasteiger partial charge in [-0.3, -0.25) is 4.90 Å². The molecular formula is C35H41NO8S2. The van der Waals surface area contributed by atoms with Gasteiger partial charge in [-0.15, -0.1) is 0 Å². The molecule has 0 bridgehead atoms. The van der Waals surface area contributed by atoms with Gasteiger partial charge in [-0.25, -0.2) is 0 Å². The fraction of sp³-hybridized carbons (Fsp3) is 0.371. The number of likely N-dealkylation sites (tertiary alicyclic amines) is 1. The highest BCUT2D eigenvalue weighted by molar-refractivity contribution is 7.08. The quantitative estimate of drug-likeness (QED) is 0.130. The van der Waals surface area contributed by atoms with E-state index >= 15 is 0 Å². The van der Waals surface area contributed by atoms with Crippen LogP contribution in [0.4, 0.5) is 0 Å². The van der Waals surface area contributed by atoms with Crippen LogP contribution < -0.4 is 37.9 Å². The minimum absolute atomic E-state index is 0.0644. The van der Waals surface area contributed by atoms with Gasteiger partial charge in [-0.05, 0) is 63.2 Å². The molecule has 1 fully saturated rings. The Morgan fingerprint density at radius 3 is 1.37 bits per heavy atom.